The molecule has 5 heteroatoms. The highest BCUT2D eigenvalue weighted by molar-refractivity contribution is 6.88. The Labute approximate surface area is 49.1 Å². The summed E-state index contributed by atoms with van der Waals surface area (Å²) in [5.41, 5.74) is 0. The first-order valence-electron chi connectivity index (χ1n) is 2.68. The Morgan fingerprint density at radius 2 is 2.75 bits per heavy atom. The molecule has 0 saturated carbocycles. The van der Waals surface area contributed by atoms with Crippen LogP contribution in [0.3, 0.4) is 0 Å². The van der Waals surface area contributed by atoms with Crippen LogP contribution in [-0.2, 0) is 6.32 Å². The van der Waals surface area contributed by atoms with Gasteiger partial charge in [0.1, 0.15) is 0 Å². The van der Waals surface area contributed by atoms with E-state index in [2.05, 4.69) is 22.4 Å². The van der Waals surface area contributed by atoms with E-state index in [0.29, 0.717) is 0 Å². The topological polar surface area (TPSA) is 38.9 Å². The number of aromatic nitrogens is 2. The molecule has 1 aromatic heterocycles. The molecule has 0 aromatic carbocycles. The normalized spacial score (nSPS) is 9.00. The minimum atomic E-state index is 0.799. The van der Waals surface area contributed by atoms with Crippen molar-refractivity contribution in [1.29, 1.82) is 0 Å². The van der Waals surface area contributed by atoms with Crippen LogP contribution < -0.4 is 0 Å². The second-order valence-corrected chi connectivity index (χ2v) is 1.60. The molecule has 0 radical (unpaired) electrons. The highest BCUT2D eigenvalue weighted by Crippen LogP contribution is 1.85. The molecule has 1 heterocycles. The van der Waals surface area contributed by atoms with Crippen molar-refractivity contribution < 1.29 is 4.52 Å². The Morgan fingerprint density at radius 1 is 1.88 bits per heavy atom. The van der Waals surface area contributed by atoms with Gasteiger partial charge >= 0.3 is 0 Å². The maximum Gasteiger partial charge on any atom is 0.213 e. The average molecular weight is 108 g/mol. The van der Waals surface area contributed by atoms with Gasteiger partial charge in [-0.15, -0.1) is 0 Å². The van der Waals surface area contributed by atoms with Crippen molar-refractivity contribution in [2.75, 3.05) is 0 Å². The van der Waals surface area contributed by atoms with Crippen LogP contribution in [0.25, 0.3) is 0 Å². The van der Waals surface area contributed by atoms with Gasteiger partial charge in [-0.1, -0.05) is 5.16 Å². The van der Waals surface area contributed by atoms with Gasteiger partial charge in [0.05, 0.1) is 14.9 Å². The van der Waals surface area contributed by atoms with E-state index in [4.69, 9.17) is 0 Å². The zero-order chi connectivity index (χ0) is 5.82. The first-order valence-corrected chi connectivity index (χ1v) is 2.68. The summed E-state index contributed by atoms with van der Waals surface area (Å²) >= 11 is 0. The van der Waals surface area contributed by atoms with Crippen LogP contribution in [0.15, 0.2) is 10.9 Å². The molecule has 40 valence electrons. The van der Waals surface area contributed by atoms with Crippen molar-refractivity contribution >= 4 is 14.9 Å². The predicted molar refractivity (Wildman–Crippen MR) is 33.7 cm³/mol. The molecule has 0 aliphatic carbocycles. The summed E-state index contributed by atoms with van der Waals surface area (Å²) in [6.07, 6.45) is 2.27. The van der Waals surface area contributed by atoms with E-state index < -0.39 is 0 Å². The van der Waals surface area contributed by atoms with Gasteiger partial charge in [-0.05, 0) is 6.32 Å². The minimum absolute atomic E-state index is 0.799. The first-order chi connectivity index (χ1) is 3.93. The molecule has 3 nitrogen and oxygen atoms in total. The SMILES string of the molecule is BBCc1ncon1. The molecule has 0 aliphatic rings. The van der Waals surface area contributed by atoms with Gasteiger partial charge in [0.2, 0.25) is 6.39 Å². The van der Waals surface area contributed by atoms with E-state index in [1.54, 1.807) is 0 Å². The minimum Gasteiger partial charge on any atom is -0.343 e. The van der Waals surface area contributed by atoms with Gasteiger partial charge in [-0.3, -0.25) is 0 Å². The molecule has 0 unspecified atom stereocenters. The van der Waals surface area contributed by atoms with E-state index in [-0.39, 0.29) is 0 Å². The number of rotatable bonds is 2. The Bertz CT molecular complexity index is 141. The maximum atomic E-state index is 4.51. The maximum absolute atomic E-state index is 4.51. The fourth-order valence-electron chi connectivity index (χ4n) is 0.526. The predicted octanol–water partition coefficient (Wildman–Crippen LogP) is -1.45. The summed E-state index contributed by atoms with van der Waals surface area (Å²) in [4.78, 5) is 3.83. The van der Waals surface area contributed by atoms with Crippen molar-refractivity contribution in [3.63, 3.8) is 0 Å². The third-order valence-electron chi connectivity index (χ3n) is 0.881. The zero-order valence-electron chi connectivity index (χ0n) is 4.79. The van der Waals surface area contributed by atoms with E-state index in [1.165, 1.54) is 6.39 Å². The fourth-order valence-corrected chi connectivity index (χ4v) is 0.526. The molecule has 1 rings (SSSR count). The summed E-state index contributed by atoms with van der Waals surface area (Å²) in [5.74, 6) is 0.799. The van der Waals surface area contributed by atoms with E-state index in [0.717, 1.165) is 19.3 Å². The van der Waals surface area contributed by atoms with Crippen LogP contribution >= 0.6 is 0 Å². The quantitative estimate of drug-likeness (QED) is 0.435. The van der Waals surface area contributed by atoms with Crippen molar-refractivity contribution in [3.05, 3.63) is 12.2 Å². The van der Waals surface area contributed by atoms with Crippen molar-refractivity contribution in [2.45, 2.75) is 6.32 Å². The smallest absolute Gasteiger partial charge is 0.213 e. The highest BCUT2D eigenvalue weighted by atomic mass is 16.5. The van der Waals surface area contributed by atoms with Crippen LogP contribution in [0.5, 0.6) is 0 Å². The monoisotopic (exact) mass is 108 g/mol. The molecule has 0 aliphatic heterocycles. The Morgan fingerprint density at radius 3 is 3.25 bits per heavy atom. The lowest BCUT2D eigenvalue weighted by Crippen LogP contribution is -1.96. The van der Waals surface area contributed by atoms with E-state index >= 15 is 0 Å². The lowest BCUT2D eigenvalue weighted by atomic mass is 9.53. The van der Waals surface area contributed by atoms with Gasteiger partial charge in [0.15, 0.2) is 5.82 Å². The first kappa shape index (κ1) is 5.41. The van der Waals surface area contributed by atoms with Crippen molar-refractivity contribution in [3.8, 4) is 0 Å². The standard InChI is InChI=1S/C3H6B2N2O/c4-5-1-3-6-2-8-7-3/h2,5H,1,4H2. The van der Waals surface area contributed by atoms with E-state index in [1.807, 2.05) is 0 Å². The van der Waals surface area contributed by atoms with Crippen LogP contribution in [-0.4, -0.2) is 25.0 Å². The van der Waals surface area contributed by atoms with Crippen LogP contribution in [0, 0.1) is 0 Å². The molecule has 0 bridgehead atoms. The highest BCUT2D eigenvalue weighted by Gasteiger charge is 1.93. The van der Waals surface area contributed by atoms with Gasteiger partial charge < -0.3 is 4.52 Å². The molecule has 0 fully saturated rings. The molecular weight excluding hydrogens is 102 g/mol. The molecule has 1 aromatic rings. The molecular formula is C3H6B2N2O. The second-order valence-electron chi connectivity index (χ2n) is 1.60. The lowest BCUT2D eigenvalue weighted by molar-refractivity contribution is 0.412. The summed E-state index contributed by atoms with van der Waals surface area (Å²) in [6, 6.07) is 0. The second kappa shape index (κ2) is 2.55. The Hall–Kier alpha value is -0.730. The fraction of sp³-hybridized carbons (Fsp3) is 0.333. The van der Waals surface area contributed by atoms with Crippen LogP contribution in [0.2, 0.25) is 0 Å². The summed E-state index contributed by atoms with van der Waals surface area (Å²) in [5, 5.41) is 3.62. The third-order valence-corrected chi connectivity index (χ3v) is 0.881. The molecule has 0 N–H and O–H groups in total. The molecule has 0 amide bonds. The number of nitrogens with zero attached hydrogens (tertiary/aromatic N) is 2. The van der Waals surface area contributed by atoms with Gasteiger partial charge in [-0.2, -0.15) is 4.98 Å². The Balaban J connectivity index is 2.50. The van der Waals surface area contributed by atoms with Gasteiger partial charge in [0.25, 0.3) is 0 Å². The van der Waals surface area contributed by atoms with Crippen molar-refractivity contribution in [1.82, 2.24) is 10.1 Å². The van der Waals surface area contributed by atoms with Crippen molar-refractivity contribution in [2.24, 2.45) is 0 Å². The summed E-state index contributed by atoms with van der Waals surface area (Å²) in [6.45, 7) is 0. The summed E-state index contributed by atoms with van der Waals surface area (Å²) < 4.78 is 4.51. The van der Waals surface area contributed by atoms with Gasteiger partial charge in [-0.25, -0.2) is 0 Å². The summed E-state index contributed by atoms with van der Waals surface area (Å²) in [7, 11) is 3.15. The Kier molecular flexibility index (Phi) is 1.72. The molecule has 0 spiro atoms. The average Bonchev–Trinajstić information content (AvgIpc) is 2.19. The van der Waals surface area contributed by atoms with E-state index in [9.17, 15) is 0 Å². The number of hydrogen-bond acceptors (Lipinski definition) is 3. The number of hydrogen-bond donors (Lipinski definition) is 0. The largest absolute Gasteiger partial charge is 0.343 e. The lowest BCUT2D eigenvalue weighted by Gasteiger charge is -1.78. The van der Waals surface area contributed by atoms with Crippen LogP contribution in [0.4, 0.5) is 0 Å². The van der Waals surface area contributed by atoms with Crippen LogP contribution in [0.1, 0.15) is 5.82 Å². The molecule has 8 heavy (non-hydrogen) atoms. The third kappa shape index (κ3) is 1.12. The zero-order valence-corrected chi connectivity index (χ0v) is 4.79. The van der Waals surface area contributed by atoms with Gasteiger partial charge in [0, 0.05) is 0 Å². The molecule has 0 atom stereocenters. The molecule has 0 saturated heterocycles.